The summed E-state index contributed by atoms with van der Waals surface area (Å²) in [7, 11) is 0. The van der Waals surface area contributed by atoms with Gasteiger partial charge in [-0.25, -0.2) is 4.79 Å². The van der Waals surface area contributed by atoms with Gasteiger partial charge in [-0.05, 0) is 6.92 Å². The molecule has 19 heavy (non-hydrogen) atoms. The van der Waals surface area contributed by atoms with Gasteiger partial charge in [0.15, 0.2) is 0 Å². The molecule has 0 aromatic rings. The van der Waals surface area contributed by atoms with E-state index in [1.807, 2.05) is 6.07 Å². The first-order valence-electron chi connectivity index (χ1n) is 5.97. The molecule has 2 atom stereocenters. The van der Waals surface area contributed by atoms with Crippen molar-refractivity contribution in [3.05, 3.63) is 0 Å². The van der Waals surface area contributed by atoms with E-state index < -0.39 is 29.8 Å². The number of esters is 1. The van der Waals surface area contributed by atoms with Crippen LogP contribution in [0.5, 0.6) is 0 Å². The molecule has 7 heteroatoms. The zero-order chi connectivity index (χ0) is 14.8. The van der Waals surface area contributed by atoms with Gasteiger partial charge < -0.3 is 15.2 Å². The van der Waals surface area contributed by atoms with Crippen LogP contribution in [0.3, 0.4) is 0 Å². The number of carboxylic acid groups (broad SMARTS) is 1. The lowest BCUT2D eigenvalue weighted by atomic mass is 9.99. The van der Waals surface area contributed by atoms with Crippen LogP contribution in [0.2, 0.25) is 0 Å². The highest BCUT2D eigenvalue weighted by Gasteiger charge is 2.26. The van der Waals surface area contributed by atoms with Crippen LogP contribution >= 0.6 is 0 Å². The molecule has 0 aliphatic heterocycles. The maximum absolute atomic E-state index is 11.5. The van der Waals surface area contributed by atoms with Crippen molar-refractivity contribution in [3.63, 3.8) is 0 Å². The monoisotopic (exact) mass is 270 g/mol. The van der Waals surface area contributed by atoms with Crippen molar-refractivity contribution in [1.82, 2.24) is 5.32 Å². The predicted molar refractivity (Wildman–Crippen MR) is 64.8 cm³/mol. The van der Waals surface area contributed by atoms with Gasteiger partial charge >= 0.3 is 11.9 Å². The second kappa shape index (κ2) is 8.91. The van der Waals surface area contributed by atoms with Crippen LogP contribution in [-0.2, 0) is 19.1 Å². The number of nitrogens with one attached hydrogen (secondary N) is 1. The Morgan fingerprint density at radius 2 is 2.00 bits per heavy atom. The van der Waals surface area contributed by atoms with Crippen LogP contribution in [0, 0.1) is 17.2 Å². The molecular formula is C12H18N2O5. The summed E-state index contributed by atoms with van der Waals surface area (Å²) in [4.78, 5) is 33.5. The number of hydrogen-bond acceptors (Lipinski definition) is 5. The van der Waals surface area contributed by atoms with Crippen molar-refractivity contribution in [2.24, 2.45) is 5.92 Å². The van der Waals surface area contributed by atoms with Crippen molar-refractivity contribution < 1.29 is 24.2 Å². The average Bonchev–Trinajstić information content (AvgIpc) is 2.33. The SMILES string of the molecule is CCOC(=O)CCC(=O)N[C@@H](C(=O)O)[C@@H](C)CC#N. The van der Waals surface area contributed by atoms with E-state index in [0.717, 1.165) is 0 Å². The Hall–Kier alpha value is -2.10. The van der Waals surface area contributed by atoms with E-state index in [1.54, 1.807) is 13.8 Å². The fourth-order valence-corrected chi connectivity index (χ4v) is 1.40. The number of carbonyl (C=O) groups is 3. The van der Waals surface area contributed by atoms with Gasteiger partial charge in [0.1, 0.15) is 6.04 Å². The largest absolute Gasteiger partial charge is 0.480 e. The summed E-state index contributed by atoms with van der Waals surface area (Å²) < 4.78 is 4.65. The van der Waals surface area contributed by atoms with Crippen LogP contribution in [-0.4, -0.2) is 35.6 Å². The number of rotatable bonds is 8. The molecule has 0 aromatic heterocycles. The molecule has 7 nitrogen and oxygen atoms in total. The summed E-state index contributed by atoms with van der Waals surface area (Å²) in [5.41, 5.74) is 0. The molecule has 0 fully saturated rings. The van der Waals surface area contributed by atoms with Crippen LogP contribution in [0.25, 0.3) is 0 Å². The third-order valence-corrected chi connectivity index (χ3v) is 2.43. The lowest BCUT2D eigenvalue weighted by Gasteiger charge is -2.19. The Bertz CT molecular complexity index is 375. The molecule has 0 spiro atoms. The lowest BCUT2D eigenvalue weighted by Crippen LogP contribution is -2.45. The van der Waals surface area contributed by atoms with Crippen molar-refractivity contribution in [2.45, 2.75) is 39.2 Å². The summed E-state index contributed by atoms with van der Waals surface area (Å²) in [5.74, 6) is -2.76. The van der Waals surface area contributed by atoms with Crippen LogP contribution in [0.1, 0.15) is 33.1 Å². The minimum atomic E-state index is -1.20. The Morgan fingerprint density at radius 3 is 2.47 bits per heavy atom. The molecule has 0 aliphatic carbocycles. The first-order valence-corrected chi connectivity index (χ1v) is 5.97. The molecule has 106 valence electrons. The lowest BCUT2D eigenvalue weighted by molar-refractivity contribution is -0.145. The van der Waals surface area contributed by atoms with Crippen LogP contribution < -0.4 is 5.32 Å². The molecular weight excluding hydrogens is 252 g/mol. The molecule has 0 saturated heterocycles. The van der Waals surface area contributed by atoms with E-state index in [0.29, 0.717) is 0 Å². The van der Waals surface area contributed by atoms with Crippen molar-refractivity contribution in [2.75, 3.05) is 6.61 Å². The maximum atomic E-state index is 11.5. The summed E-state index contributed by atoms with van der Waals surface area (Å²) in [6.07, 6.45) is -0.213. The topological polar surface area (TPSA) is 116 Å². The van der Waals surface area contributed by atoms with Gasteiger partial charge in [-0.15, -0.1) is 0 Å². The zero-order valence-corrected chi connectivity index (χ0v) is 11.0. The van der Waals surface area contributed by atoms with Gasteiger partial charge in [-0.2, -0.15) is 5.26 Å². The number of nitriles is 1. The Morgan fingerprint density at radius 1 is 1.37 bits per heavy atom. The fraction of sp³-hybridized carbons (Fsp3) is 0.667. The molecule has 0 saturated carbocycles. The molecule has 2 N–H and O–H groups in total. The Kier molecular flexibility index (Phi) is 7.93. The standard InChI is InChI=1S/C12H18N2O5/c1-3-19-10(16)5-4-9(15)14-11(12(17)18)8(2)6-7-13/h8,11H,3-6H2,1-2H3,(H,14,15)(H,17,18)/t8-,11+/m0/s1. The zero-order valence-electron chi connectivity index (χ0n) is 11.0. The van der Waals surface area contributed by atoms with E-state index in [2.05, 4.69) is 10.1 Å². The molecule has 0 unspecified atom stereocenters. The van der Waals surface area contributed by atoms with Gasteiger partial charge in [0.25, 0.3) is 0 Å². The van der Waals surface area contributed by atoms with Gasteiger partial charge in [-0.1, -0.05) is 6.92 Å². The first kappa shape index (κ1) is 16.9. The Labute approximate surface area is 111 Å². The molecule has 0 aliphatic rings. The maximum Gasteiger partial charge on any atom is 0.326 e. The smallest absolute Gasteiger partial charge is 0.326 e. The fourth-order valence-electron chi connectivity index (χ4n) is 1.40. The van der Waals surface area contributed by atoms with E-state index in [9.17, 15) is 14.4 Å². The minimum absolute atomic E-state index is 0.0229. The molecule has 0 heterocycles. The number of carbonyl (C=O) groups excluding carboxylic acids is 2. The van der Waals surface area contributed by atoms with Gasteiger partial charge in [0.05, 0.1) is 19.1 Å². The summed E-state index contributed by atoms with van der Waals surface area (Å²) in [6, 6.07) is 0.724. The van der Waals surface area contributed by atoms with Gasteiger partial charge in [0.2, 0.25) is 5.91 Å². The second-order valence-corrected chi connectivity index (χ2v) is 4.03. The molecule has 1 amide bonds. The van der Waals surface area contributed by atoms with E-state index >= 15 is 0 Å². The van der Waals surface area contributed by atoms with Crippen molar-refractivity contribution in [1.29, 1.82) is 5.26 Å². The van der Waals surface area contributed by atoms with Crippen molar-refractivity contribution >= 4 is 17.8 Å². The third-order valence-electron chi connectivity index (χ3n) is 2.43. The molecule has 0 aromatic carbocycles. The van der Waals surface area contributed by atoms with E-state index in [1.165, 1.54) is 0 Å². The van der Waals surface area contributed by atoms with Gasteiger partial charge in [-0.3, -0.25) is 9.59 Å². The first-order chi connectivity index (χ1) is 8.92. The van der Waals surface area contributed by atoms with Gasteiger partial charge in [0, 0.05) is 18.8 Å². The Balaban J connectivity index is 4.29. The highest BCUT2D eigenvalue weighted by Crippen LogP contribution is 2.08. The number of ether oxygens (including phenoxy) is 1. The number of aliphatic carboxylic acids is 1. The average molecular weight is 270 g/mol. The van der Waals surface area contributed by atoms with Crippen LogP contribution in [0.4, 0.5) is 0 Å². The number of hydrogen-bond donors (Lipinski definition) is 2. The summed E-state index contributed by atoms with van der Waals surface area (Å²) >= 11 is 0. The highest BCUT2D eigenvalue weighted by atomic mass is 16.5. The van der Waals surface area contributed by atoms with Crippen LogP contribution in [0.15, 0.2) is 0 Å². The molecule has 0 radical (unpaired) electrons. The van der Waals surface area contributed by atoms with E-state index in [4.69, 9.17) is 10.4 Å². The third kappa shape index (κ3) is 7.03. The minimum Gasteiger partial charge on any atom is -0.480 e. The highest BCUT2D eigenvalue weighted by molar-refractivity contribution is 5.85. The molecule has 0 bridgehead atoms. The summed E-state index contributed by atoms with van der Waals surface area (Å²) in [6.45, 7) is 3.45. The number of nitrogens with zero attached hydrogens (tertiary/aromatic N) is 1. The predicted octanol–water partition coefficient (Wildman–Crippen LogP) is 0.449. The van der Waals surface area contributed by atoms with Crippen molar-refractivity contribution in [3.8, 4) is 6.07 Å². The summed E-state index contributed by atoms with van der Waals surface area (Å²) in [5, 5.41) is 19.8. The number of amides is 1. The normalized spacial score (nSPS) is 12.9. The number of carboxylic acids is 1. The quantitative estimate of drug-likeness (QED) is 0.618. The second-order valence-electron chi connectivity index (χ2n) is 4.03. The molecule has 0 rings (SSSR count). The van der Waals surface area contributed by atoms with E-state index in [-0.39, 0.29) is 25.9 Å².